The number of primary amides is 1. The lowest BCUT2D eigenvalue weighted by molar-refractivity contribution is 0.109. The predicted molar refractivity (Wildman–Crippen MR) is 84.9 cm³/mol. The first kappa shape index (κ1) is 15.1. The zero-order valence-electron chi connectivity index (χ0n) is 12.1. The van der Waals surface area contributed by atoms with Gasteiger partial charge in [0.25, 0.3) is 5.56 Å². The van der Waals surface area contributed by atoms with E-state index in [0.29, 0.717) is 10.7 Å². The number of rotatable bonds is 3. The maximum absolute atomic E-state index is 12.9. The molecule has 0 aliphatic heterocycles. The second kappa shape index (κ2) is 5.77. The molecule has 7 nitrogen and oxygen atoms in total. The summed E-state index contributed by atoms with van der Waals surface area (Å²) in [5.41, 5.74) is 5.53. The molecule has 8 heteroatoms. The summed E-state index contributed by atoms with van der Waals surface area (Å²) >= 11 is 6.07. The number of para-hydroxylation sites is 1. The molecule has 23 heavy (non-hydrogen) atoms. The van der Waals surface area contributed by atoms with E-state index in [9.17, 15) is 9.59 Å². The molecule has 0 aliphatic carbocycles. The monoisotopic (exact) mass is 332 g/mol. The zero-order chi connectivity index (χ0) is 16.6. The van der Waals surface area contributed by atoms with Gasteiger partial charge in [0.1, 0.15) is 5.52 Å². The van der Waals surface area contributed by atoms with E-state index in [1.165, 1.54) is 9.08 Å². The minimum absolute atomic E-state index is 0.236. The third-order valence-corrected chi connectivity index (χ3v) is 3.64. The molecule has 0 bridgehead atoms. The average Bonchev–Trinajstić information content (AvgIpc) is 2.89. The molecule has 0 spiro atoms. The van der Waals surface area contributed by atoms with Crippen LogP contribution in [0.2, 0.25) is 5.02 Å². The summed E-state index contributed by atoms with van der Waals surface area (Å²) in [6.45, 7) is 1.59. The Morgan fingerprint density at radius 3 is 2.65 bits per heavy atom. The first-order valence-electron chi connectivity index (χ1n) is 6.80. The van der Waals surface area contributed by atoms with Crippen LogP contribution in [0, 0.1) is 0 Å². The Morgan fingerprint density at radius 2 is 2.00 bits per heavy atom. The van der Waals surface area contributed by atoms with Crippen molar-refractivity contribution in [2.24, 2.45) is 5.73 Å². The molecule has 3 aromatic rings. The molecule has 0 radical (unpaired) electrons. The number of hydrogen-bond acceptors (Lipinski definition) is 4. The van der Waals surface area contributed by atoms with Gasteiger partial charge in [0.15, 0.2) is 11.9 Å². The lowest BCUT2D eigenvalue weighted by Gasteiger charge is -2.17. The van der Waals surface area contributed by atoms with Crippen molar-refractivity contribution in [2.45, 2.75) is 13.0 Å². The SMILES string of the molecule is C[C@H](OC(N)=O)c1nn2ccc(Cl)c2c(=O)n1-c1ccccc1. The first-order valence-corrected chi connectivity index (χ1v) is 7.18. The highest BCUT2D eigenvalue weighted by atomic mass is 35.5. The van der Waals surface area contributed by atoms with Crippen LogP contribution in [0.3, 0.4) is 0 Å². The lowest BCUT2D eigenvalue weighted by atomic mass is 10.3. The van der Waals surface area contributed by atoms with Gasteiger partial charge in [0, 0.05) is 6.20 Å². The minimum atomic E-state index is -0.947. The summed E-state index contributed by atoms with van der Waals surface area (Å²) in [5.74, 6) is 0.236. The predicted octanol–water partition coefficient (Wildman–Crippen LogP) is 2.29. The van der Waals surface area contributed by atoms with Crippen LogP contribution in [0.4, 0.5) is 4.79 Å². The van der Waals surface area contributed by atoms with Gasteiger partial charge in [0.05, 0.1) is 10.7 Å². The minimum Gasteiger partial charge on any atom is -0.438 e. The summed E-state index contributed by atoms with van der Waals surface area (Å²) in [7, 11) is 0. The largest absolute Gasteiger partial charge is 0.438 e. The fraction of sp³-hybridized carbons (Fsp3) is 0.133. The van der Waals surface area contributed by atoms with Gasteiger partial charge in [-0.1, -0.05) is 29.8 Å². The van der Waals surface area contributed by atoms with E-state index in [1.807, 2.05) is 6.07 Å². The van der Waals surface area contributed by atoms with Gasteiger partial charge >= 0.3 is 6.09 Å². The van der Waals surface area contributed by atoms with Gasteiger partial charge < -0.3 is 10.5 Å². The molecule has 0 unspecified atom stereocenters. The maximum atomic E-state index is 12.9. The topological polar surface area (TPSA) is 91.6 Å². The van der Waals surface area contributed by atoms with Crippen molar-refractivity contribution in [3.63, 3.8) is 0 Å². The number of ether oxygens (including phenoxy) is 1. The molecule has 1 amide bonds. The maximum Gasteiger partial charge on any atom is 0.405 e. The zero-order valence-corrected chi connectivity index (χ0v) is 12.9. The Kier molecular flexibility index (Phi) is 3.79. The van der Waals surface area contributed by atoms with Crippen LogP contribution in [0.25, 0.3) is 11.2 Å². The van der Waals surface area contributed by atoms with Crippen molar-refractivity contribution in [3.8, 4) is 5.69 Å². The molecule has 2 N–H and O–H groups in total. The van der Waals surface area contributed by atoms with Crippen LogP contribution in [0.5, 0.6) is 0 Å². The smallest absolute Gasteiger partial charge is 0.405 e. The van der Waals surface area contributed by atoms with Crippen molar-refractivity contribution < 1.29 is 9.53 Å². The van der Waals surface area contributed by atoms with Gasteiger partial charge in [-0.05, 0) is 25.1 Å². The molecular weight excluding hydrogens is 320 g/mol. The molecule has 2 heterocycles. The summed E-state index contributed by atoms with van der Waals surface area (Å²) in [4.78, 5) is 23.9. The Morgan fingerprint density at radius 1 is 1.30 bits per heavy atom. The number of benzene rings is 1. The van der Waals surface area contributed by atoms with Crippen LogP contribution in [0.1, 0.15) is 18.9 Å². The van der Waals surface area contributed by atoms with Crippen molar-refractivity contribution in [2.75, 3.05) is 0 Å². The molecule has 2 aromatic heterocycles. The first-order chi connectivity index (χ1) is 11.0. The van der Waals surface area contributed by atoms with Crippen molar-refractivity contribution in [1.82, 2.24) is 14.2 Å². The summed E-state index contributed by atoms with van der Waals surface area (Å²) in [5, 5.41) is 4.64. The fourth-order valence-corrected chi connectivity index (χ4v) is 2.59. The number of aromatic nitrogens is 3. The van der Waals surface area contributed by atoms with E-state index in [2.05, 4.69) is 5.10 Å². The van der Waals surface area contributed by atoms with Gasteiger partial charge in [0.2, 0.25) is 0 Å². The van der Waals surface area contributed by atoms with Crippen molar-refractivity contribution >= 4 is 23.2 Å². The third-order valence-electron chi connectivity index (χ3n) is 3.33. The Hall–Kier alpha value is -2.80. The van der Waals surface area contributed by atoms with Gasteiger partial charge in [-0.15, -0.1) is 5.10 Å². The second-order valence-corrected chi connectivity index (χ2v) is 5.28. The molecular formula is C15H13ClN4O3. The molecule has 0 aliphatic rings. The quantitative estimate of drug-likeness (QED) is 0.796. The van der Waals surface area contributed by atoms with E-state index < -0.39 is 12.2 Å². The van der Waals surface area contributed by atoms with Gasteiger partial charge in [-0.2, -0.15) is 0 Å². The highest BCUT2D eigenvalue weighted by Gasteiger charge is 2.21. The molecule has 3 rings (SSSR count). The van der Waals surface area contributed by atoms with Crippen LogP contribution >= 0.6 is 11.6 Å². The number of nitrogens with zero attached hydrogens (tertiary/aromatic N) is 3. The number of nitrogens with two attached hydrogens (primary N) is 1. The second-order valence-electron chi connectivity index (χ2n) is 4.87. The number of halogens is 1. The molecule has 1 aromatic carbocycles. The number of carbonyl (C=O) groups is 1. The van der Waals surface area contributed by atoms with E-state index in [0.717, 1.165) is 0 Å². The number of fused-ring (bicyclic) bond motifs is 1. The Bertz CT molecular complexity index is 933. The highest BCUT2D eigenvalue weighted by molar-refractivity contribution is 6.33. The molecule has 1 atom stereocenters. The summed E-state index contributed by atoms with van der Waals surface area (Å²) in [6.07, 6.45) is -0.197. The van der Waals surface area contributed by atoms with Crippen LogP contribution in [-0.2, 0) is 4.74 Å². The summed E-state index contributed by atoms with van der Waals surface area (Å²) in [6, 6.07) is 10.5. The summed E-state index contributed by atoms with van der Waals surface area (Å²) < 4.78 is 7.70. The normalized spacial score (nSPS) is 12.3. The van der Waals surface area contributed by atoms with E-state index in [4.69, 9.17) is 22.1 Å². The standard InChI is InChI=1S/C15H13ClN4O3/c1-9(23-15(17)22)13-18-19-8-7-11(16)12(19)14(21)20(13)10-5-3-2-4-6-10/h2-9H,1H3,(H2,17,22)/t9-/m0/s1. The van der Waals surface area contributed by atoms with Crippen LogP contribution < -0.4 is 11.3 Å². The molecule has 0 saturated heterocycles. The average molecular weight is 333 g/mol. The number of hydrogen-bond donors (Lipinski definition) is 1. The highest BCUT2D eigenvalue weighted by Crippen LogP contribution is 2.20. The Labute approximate surface area is 135 Å². The molecule has 0 fully saturated rings. The van der Waals surface area contributed by atoms with E-state index in [1.54, 1.807) is 43.5 Å². The van der Waals surface area contributed by atoms with E-state index in [-0.39, 0.29) is 16.9 Å². The van der Waals surface area contributed by atoms with Crippen molar-refractivity contribution in [1.29, 1.82) is 0 Å². The van der Waals surface area contributed by atoms with Crippen LogP contribution in [0.15, 0.2) is 47.4 Å². The fourth-order valence-electron chi connectivity index (χ4n) is 2.36. The Balaban J connectivity index is 2.33. The van der Waals surface area contributed by atoms with Gasteiger partial charge in [-0.25, -0.2) is 9.31 Å². The van der Waals surface area contributed by atoms with Gasteiger partial charge in [-0.3, -0.25) is 9.36 Å². The molecule has 118 valence electrons. The third kappa shape index (κ3) is 2.66. The number of amides is 1. The van der Waals surface area contributed by atoms with E-state index >= 15 is 0 Å². The van der Waals surface area contributed by atoms with Crippen molar-refractivity contribution in [3.05, 3.63) is 63.8 Å². The molecule has 0 saturated carbocycles. The lowest BCUT2D eigenvalue weighted by Crippen LogP contribution is -2.29. The van der Waals surface area contributed by atoms with Crippen LogP contribution in [-0.4, -0.2) is 20.3 Å². The number of carbonyl (C=O) groups excluding carboxylic acids is 1.